The molecule has 0 aliphatic rings. The Morgan fingerprint density at radius 2 is 1.96 bits per heavy atom. The van der Waals surface area contributed by atoms with E-state index >= 15 is 0 Å². The third-order valence-electron chi connectivity index (χ3n) is 3.03. The first kappa shape index (κ1) is 16.9. The van der Waals surface area contributed by atoms with Gasteiger partial charge in [-0.3, -0.25) is 20.2 Å². The summed E-state index contributed by atoms with van der Waals surface area (Å²) in [6.07, 6.45) is 0. The molecule has 6 nitrogen and oxygen atoms in total. The molecule has 0 atom stereocenters. The van der Waals surface area contributed by atoms with Crippen molar-refractivity contribution in [1.29, 1.82) is 0 Å². The number of nitrogens with one attached hydrogen (secondary N) is 2. The van der Waals surface area contributed by atoms with Crippen molar-refractivity contribution in [2.75, 3.05) is 5.32 Å². The van der Waals surface area contributed by atoms with Gasteiger partial charge in [-0.25, -0.2) is 0 Å². The Hall–Kier alpha value is -2.51. The van der Waals surface area contributed by atoms with Crippen molar-refractivity contribution in [3.05, 3.63) is 68.7 Å². The number of carbonyl (C=O) groups is 1. The number of non-ortho nitro benzene ring substituents is 1. The number of halogens is 1. The third kappa shape index (κ3) is 4.24. The van der Waals surface area contributed by atoms with E-state index < -0.39 is 10.8 Å². The summed E-state index contributed by atoms with van der Waals surface area (Å²) < 4.78 is 0. The average molecular weight is 350 g/mol. The van der Waals surface area contributed by atoms with E-state index in [1.807, 2.05) is 0 Å². The van der Waals surface area contributed by atoms with Crippen LogP contribution in [-0.2, 0) is 0 Å². The lowest BCUT2D eigenvalue weighted by molar-refractivity contribution is -0.384. The number of nitrogens with zero attached hydrogens (tertiary/aromatic N) is 1. The molecule has 0 unspecified atom stereocenters. The van der Waals surface area contributed by atoms with Gasteiger partial charge in [-0.1, -0.05) is 29.8 Å². The highest BCUT2D eigenvalue weighted by molar-refractivity contribution is 7.80. The maximum Gasteiger partial charge on any atom is 0.271 e. The second kappa shape index (κ2) is 7.17. The van der Waals surface area contributed by atoms with Crippen LogP contribution in [0.5, 0.6) is 0 Å². The van der Waals surface area contributed by atoms with Crippen LogP contribution in [0.25, 0.3) is 0 Å². The lowest BCUT2D eigenvalue weighted by atomic mass is 10.2. The van der Waals surface area contributed by atoms with Crippen molar-refractivity contribution in [2.24, 2.45) is 0 Å². The first-order valence-corrected chi connectivity index (χ1v) is 7.29. The van der Waals surface area contributed by atoms with E-state index in [1.54, 1.807) is 37.3 Å². The Morgan fingerprint density at radius 1 is 1.26 bits per heavy atom. The van der Waals surface area contributed by atoms with E-state index in [1.165, 1.54) is 12.1 Å². The summed E-state index contributed by atoms with van der Waals surface area (Å²) >= 11 is 11.0. The smallest absolute Gasteiger partial charge is 0.271 e. The first-order valence-electron chi connectivity index (χ1n) is 6.50. The van der Waals surface area contributed by atoms with Gasteiger partial charge in [0.1, 0.15) is 0 Å². The summed E-state index contributed by atoms with van der Waals surface area (Å²) in [7, 11) is 0. The van der Waals surface area contributed by atoms with Crippen molar-refractivity contribution in [3.8, 4) is 0 Å². The van der Waals surface area contributed by atoms with E-state index in [-0.39, 0.29) is 16.4 Å². The lowest BCUT2D eigenvalue weighted by Crippen LogP contribution is -2.34. The molecule has 0 spiro atoms. The minimum Gasteiger partial charge on any atom is -0.332 e. The van der Waals surface area contributed by atoms with Crippen LogP contribution in [0.2, 0.25) is 5.02 Å². The third-order valence-corrected chi connectivity index (χ3v) is 3.56. The van der Waals surface area contributed by atoms with Crippen LogP contribution in [-0.4, -0.2) is 15.9 Å². The van der Waals surface area contributed by atoms with Gasteiger partial charge in [-0.2, -0.15) is 0 Å². The molecule has 0 saturated carbocycles. The van der Waals surface area contributed by atoms with E-state index in [0.29, 0.717) is 10.7 Å². The number of anilines is 1. The fraction of sp³-hybridized carbons (Fsp3) is 0.0667. The van der Waals surface area contributed by atoms with Crippen LogP contribution in [0, 0.1) is 17.0 Å². The Balaban J connectivity index is 2.11. The van der Waals surface area contributed by atoms with Gasteiger partial charge in [0.15, 0.2) is 5.11 Å². The van der Waals surface area contributed by atoms with Gasteiger partial charge < -0.3 is 5.32 Å². The summed E-state index contributed by atoms with van der Waals surface area (Å²) in [5, 5.41) is 16.4. The topological polar surface area (TPSA) is 84.3 Å². The van der Waals surface area contributed by atoms with Gasteiger partial charge in [0, 0.05) is 17.8 Å². The number of nitro groups is 1. The van der Waals surface area contributed by atoms with Gasteiger partial charge in [-0.05, 0) is 36.8 Å². The van der Waals surface area contributed by atoms with E-state index in [2.05, 4.69) is 10.6 Å². The standard InChI is InChI=1S/C15H12ClN3O3S/c1-9-6-7-10(19(21)22)8-13(9)17-15(23)18-14(20)11-4-2-3-5-12(11)16/h2-8H,1H3,(H2,17,18,20,23). The number of hydrogen-bond acceptors (Lipinski definition) is 4. The molecule has 8 heteroatoms. The monoisotopic (exact) mass is 349 g/mol. The molecular weight excluding hydrogens is 338 g/mol. The Bertz CT molecular complexity index is 795. The number of amides is 1. The molecule has 118 valence electrons. The van der Waals surface area contributed by atoms with Crippen LogP contribution < -0.4 is 10.6 Å². The van der Waals surface area contributed by atoms with Crippen LogP contribution in [0.4, 0.5) is 11.4 Å². The molecule has 0 radical (unpaired) electrons. The maximum absolute atomic E-state index is 12.1. The van der Waals surface area contributed by atoms with Crippen LogP contribution in [0.1, 0.15) is 15.9 Å². The Kier molecular flexibility index (Phi) is 5.25. The predicted molar refractivity (Wildman–Crippen MR) is 93.0 cm³/mol. The fourth-order valence-electron chi connectivity index (χ4n) is 1.83. The molecule has 0 heterocycles. The zero-order valence-corrected chi connectivity index (χ0v) is 13.6. The molecule has 2 aromatic rings. The van der Waals surface area contributed by atoms with Gasteiger partial charge in [0.05, 0.1) is 15.5 Å². The van der Waals surface area contributed by atoms with E-state index in [9.17, 15) is 14.9 Å². The number of aryl methyl sites for hydroxylation is 1. The zero-order valence-electron chi connectivity index (χ0n) is 12.0. The molecule has 0 aliphatic carbocycles. The zero-order chi connectivity index (χ0) is 17.0. The minimum absolute atomic E-state index is 0.0264. The summed E-state index contributed by atoms with van der Waals surface area (Å²) in [6.45, 7) is 1.77. The van der Waals surface area contributed by atoms with Gasteiger partial charge in [-0.15, -0.1) is 0 Å². The minimum atomic E-state index is -0.504. The largest absolute Gasteiger partial charge is 0.332 e. The molecule has 0 bridgehead atoms. The number of hydrogen-bond donors (Lipinski definition) is 2. The molecule has 2 aromatic carbocycles. The highest BCUT2D eigenvalue weighted by Crippen LogP contribution is 2.22. The Labute approximate surface area is 142 Å². The van der Waals surface area contributed by atoms with Crippen molar-refractivity contribution >= 4 is 46.2 Å². The Morgan fingerprint density at radius 3 is 2.61 bits per heavy atom. The second-order valence-electron chi connectivity index (χ2n) is 4.64. The summed E-state index contributed by atoms with van der Waals surface area (Å²) in [6, 6.07) is 10.9. The van der Waals surface area contributed by atoms with Gasteiger partial charge in [0.2, 0.25) is 0 Å². The highest BCUT2D eigenvalue weighted by atomic mass is 35.5. The average Bonchev–Trinajstić information content (AvgIpc) is 2.49. The predicted octanol–water partition coefficient (Wildman–Crippen LogP) is 3.68. The summed E-state index contributed by atoms with van der Waals surface area (Å²) in [5.41, 5.74) is 1.42. The molecule has 2 rings (SSSR count). The normalized spacial score (nSPS) is 10.0. The molecule has 1 amide bonds. The number of benzene rings is 2. The van der Waals surface area contributed by atoms with Crippen LogP contribution >= 0.6 is 23.8 Å². The molecule has 23 heavy (non-hydrogen) atoms. The molecule has 0 aromatic heterocycles. The van der Waals surface area contributed by atoms with Crippen molar-refractivity contribution in [1.82, 2.24) is 5.32 Å². The highest BCUT2D eigenvalue weighted by Gasteiger charge is 2.13. The quantitative estimate of drug-likeness (QED) is 0.501. The summed E-state index contributed by atoms with van der Waals surface area (Å²) in [5.74, 6) is -0.462. The van der Waals surface area contributed by atoms with Crippen LogP contribution in [0.3, 0.4) is 0 Å². The van der Waals surface area contributed by atoms with E-state index in [0.717, 1.165) is 5.56 Å². The first-order chi connectivity index (χ1) is 10.9. The number of thiocarbonyl (C=S) groups is 1. The molecular formula is C15H12ClN3O3S. The SMILES string of the molecule is Cc1ccc([N+](=O)[O-])cc1NC(=S)NC(=O)c1ccccc1Cl. The summed E-state index contributed by atoms with van der Waals surface area (Å²) in [4.78, 5) is 22.4. The molecule has 0 aliphatic heterocycles. The fourth-order valence-corrected chi connectivity index (χ4v) is 2.25. The molecule has 0 saturated heterocycles. The lowest BCUT2D eigenvalue weighted by Gasteiger charge is -2.12. The number of carbonyl (C=O) groups excluding carboxylic acids is 1. The van der Waals surface area contributed by atoms with Crippen molar-refractivity contribution in [3.63, 3.8) is 0 Å². The molecule has 0 fully saturated rings. The molecule has 2 N–H and O–H groups in total. The van der Waals surface area contributed by atoms with Gasteiger partial charge >= 0.3 is 0 Å². The number of rotatable bonds is 3. The van der Waals surface area contributed by atoms with E-state index in [4.69, 9.17) is 23.8 Å². The van der Waals surface area contributed by atoms with Crippen molar-refractivity contribution < 1.29 is 9.72 Å². The second-order valence-corrected chi connectivity index (χ2v) is 5.46. The maximum atomic E-state index is 12.1. The van der Waals surface area contributed by atoms with Crippen LogP contribution in [0.15, 0.2) is 42.5 Å². The van der Waals surface area contributed by atoms with Crippen molar-refractivity contribution in [2.45, 2.75) is 6.92 Å². The van der Waals surface area contributed by atoms with Gasteiger partial charge in [0.25, 0.3) is 11.6 Å². The number of nitro benzene ring substituents is 1.